The molecule has 0 aliphatic rings. The Labute approximate surface area is 109 Å². The second-order valence-electron chi connectivity index (χ2n) is 3.26. The highest BCUT2D eigenvalue weighted by Crippen LogP contribution is 2.16. The number of hydrogen-bond acceptors (Lipinski definition) is 5. The van der Waals surface area contributed by atoms with E-state index in [2.05, 4.69) is 20.4 Å². The second-order valence-corrected chi connectivity index (χ2v) is 4.42. The zero-order chi connectivity index (χ0) is 12.1. The van der Waals surface area contributed by atoms with Crippen LogP contribution in [0, 0.1) is 0 Å². The zero-order valence-corrected chi connectivity index (χ0v) is 10.9. The number of thioether (sulfide) groups is 1. The summed E-state index contributed by atoms with van der Waals surface area (Å²) in [5.41, 5.74) is 0. The summed E-state index contributed by atoms with van der Waals surface area (Å²) in [6, 6.07) is 3.61. The molecule has 0 aliphatic carbocycles. The highest BCUT2D eigenvalue weighted by atomic mass is 35.5. The lowest BCUT2D eigenvalue weighted by molar-refractivity contribution is 0.636. The first-order valence-electron chi connectivity index (χ1n) is 5.08. The summed E-state index contributed by atoms with van der Waals surface area (Å²) < 4.78 is 1.85. The van der Waals surface area contributed by atoms with Gasteiger partial charge in [-0.3, -0.25) is 4.68 Å². The number of anilines is 1. The summed E-state index contributed by atoms with van der Waals surface area (Å²) >= 11 is 7.35. The van der Waals surface area contributed by atoms with Crippen LogP contribution in [-0.2, 0) is 6.54 Å². The minimum atomic E-state index is 0.450. The maximum atomic E-state index is 5.89. The summed E-state index contributed by atoms with van der Waals surface area (Å²) in [5, 5.41) is 8.42. The van der Waals surface area contributed by atoms with E-state index in [4.69, 9.17) is 11.6 Å². The average Bonchev–Trinajstić information content (AvgIpc) is 2.81. The van der Waals surface area contributed by atoms with Crippen molar-refractivity contribution < 1.29 is 0 Å². The van der Waals surface area contributed by atoms with Crippen molar-refractivity contribution in [3.05, 3.63) is 29.7 Å². The summed E-state index contributed by atoms with van der Waals surface area (Å²) in [7, 11) is 0. The topological polar surface area (TPSA) is 55.6 Å². The van der Waals surface area contributed by atoms with E-state index < -0.39 is 0 Å². The third-order valence-electron chi connectivity index (χ3n) is 2.06. The molecule has 0 aliphatic heterocycles. The zero-order valence-electron chi connectivity index (χ0n) is 9.30. The molecule has 2 rings (SSSR count). The molecule has 0 saturated heterocycles. The molecule has 2 aromatic rings. The predicted octanol–water partition coefficient (Wildman–Crippen LogP) is 2.16. The fraction of sp³-hybridized carbons (Fsp3) is 0.300. The van der Waals surface area contributed by atoms with E-state index in [9.17, 15) is 0 Å². The smallest absolute Gasteiger partial charge is 0.190 e. The van der Waals surface area contributed by atoms with Crippen molar-refractivity contribution in [2.45, 2.75) is 11.7 Å². The molecule has 0 amide bonds. The van der Waals surface area contributed by atoms with Crippen LogP contribution in [0.15, 0.2) is 29.7 Å². The van der Waals surface area contributed by atoms with Gasteiger partial charge in [0, 0.05) is 25.0 Å². The fourth-order valence-corrected chi connectivity index (χ4v) is 1.92. The van der Waals surface area contributed by atoms with Gasteiger partial charge in [-0.05, 0) is 12.3 Å². The molecule has 0 fully saturated rings. The summed E-state index contributed by atoms with van der Waals surface area (Å²) in [5.74, 6) is 0.738. The van der Waals surface area contributed by atoms with Gasteiger partial charge in [-0.1, -0.05) is 23.4 Å². The van der Waals surface area contributed by atoms with E-state index in [0.717, 1.165) is 18.9 Å². The number of rotatable bonds is 5. The highest BCUT2D eigenvalue weighted by molar-refractivity contribution is 7.98. The van der Waals surface area contributed by atoms with Crippen LogP contribution in [-0.4, -0.2) is 32.5 Å². The maximum Gasteiger partial charge on any atom is 0.190 e. The first kappa shape index (κ1) is 12.2. The maximum absolute atomic E-state index is 5.89. The van der Waals surface area contributed by atoms with E-state index in [1.807, 2.05) is 23.2 Å². The lowest BCUT2D eigenvalue weighted by atomic mass is 10.5. The van der Waals surface area contributed by atoms with E-state index in [0.29, 0.717) is 10.3 Å². The van der Waals surface area contributed by atoms with Crippen LogP contribution in [0.25, 0.3) is 0 Å². The fourth-order valence-electron chi connectivity index (χ4n) is 1.31. The molecule has 0 radical (unpaired) electrons. The van der Waals surface area contributed by atoms with Crippen LogP contribution in [0.4, 0.5) is 5.82 Å². The van der Waals surface area contributed by atoms with Crippen LogP contribution in [0.1, 0.15) is 0 Å². The average molecular weight is 270 g/mol. The van der Waals surface area contributed by atoms with Crippen LogP contribution in [0.5, 0.6) is 0 Å². The van der Waals surface area contributed by atoms with Gasteiger partial charge in [-0.15, -0.1) is 0 Å². The molecule has 5 nitrogen and oxygen atoms in total. The first-order valence-corrected chi connectivity index (χ1v) is 6.68. The Hall–Kier alpha value is -1.27. The number of nitrogens with one attached hydrogen (secondary N) is 1. The van der Waals surface area contributed by atoms with Crippen molar-refractivity contribution in [2.24, 2.45) is 0 Å². The lowest BCUT2D eigenvalue weighted by Gasteiger charge is -2.07. The molecule has 2 aromatic heterocycles. The molecule has 7 heteroatoms. The third-order valence-corrected chi connectivity index (χ3v) is 2.80. The van der Waals surface area contributed by atoms with E-state index in [1.54, 1.807) is 12.3 Å². The Morgan fingerprint density at radius 3 is 3.06 bits per heavy atom. The minimum Gasteiger partial charge on any atom is -0.368 e. The summed E-state index contributed by atoms with van der Waals surface area (Å²) in [6.45, 7) is 1.52. The van der Waals surface area contributed by atoms with Gasteiger partial charge >= 0.3 is 0 Å². The first-order chi connectivity index (χ1) is 8.28. The van der Waals surface area contributed by atoms with Crippen molar-refractivity contribution in [1.82, 2.24) is 19.7 Å². The van der Waals surface area contributed by atoms with Crippen molar-refractivity contribution in [3.8, 4) is 0 Å². The monoisotopic (exact) mass is 269 g/mol. The molecule has 1 N–H and O–H groups in total. The van der Waals surface area contributed by atoms with Gasteiger partial charge in [-0.2, -0.15) is 5.10 Å². The molecule has 0 atom stereocenters. The Bertz CT molecular complexity index is 474. The minimum absolute atomic E-state index is 0.450. The Morgan fingerprint density at radius 2 is 2.35 bits per heavy atom. The Kier molecular flexibility index (Phi) is 4.22. The molecular weight excluding hydrogens is 258 g/mol. The molecular formula is C10H12ClN5S. The van der Waals surface area contributed by atoms with Gasteiger partial charge in [0.05, 0.1) is 6.54 Å². The van der Waals surface area contributed by atoms with Crippen LogP contribution in [0.2, 0.25) is 5.15 Å². The van der Waals surface area contributed by atoms with Gasteiger partial charge in [0.2, 0.25) is 0 Å². The number of hydrogen-bond donors (Lipinski definition) is 1. The molecule has 0 aromatic carbocycles. The van der Waals surface area contributed by atoms with E-state index >= 15 is 0 Å². The van der Waals surface area contributed by atoms with Crippen molar-refractivity contribution in [2.75, 3.05) is 18.1 Å². The van der Waals surface area contributed by atoms with Gasteiger partial charge < -0.3 is 5.32 Å². The molecule has 90 valence electrons. The quantitative estimate of drug-likeness (QED) is 0.512. The van der Waals surface area contributed by atoms with Gasteiger partial charge in [0.25, 0.3) is 0 Å². The van der Waals surface area contributed by atoms with Crippen molar-refractivity contribution >= 4 is 29.2 Å². The molecule has 0 unspecified atom stereocenters. The van der Waals surface area contributed by atoms with Gasteiger partial charge in [0.15, 0.2) is 5.16 Å². The highest BCUT2D eigenvalue weighted by Gasteiger charge is 2.01. The molecule has 2 heterocycles. The third kappa shape index (κ3) is 3.61. The standard InChI is InChI=1S/C10H12ClN5S/c1-17-10-14-8(11)7-9(15-10)12-4-6-16-5-2-3-13-16/h2-3,5,7H,4,6H2,1H3,(H,12,14,15). The predicted molar refractivity (Wildman–Crippen MR) is 69.5 cm³/mol. The SMILES string of the molecule is CSc1nc(Cl)cc(NCCn2cccn2)n1. The summed E-state index contributed by atoms with van der Waals surface area (Å²) in [6.07, 6.45) is 5.59. The van der Waals surface area contributed by atoms with Crippen LogP contribution >= 0.6 is 23.4 Å². The number of nitrogens with zero attached hydrogens (tertiary/aromatic N) is 4. The second kappa shape index (κ2) is 5.88. The Morgan fingerprint density at radius 1 is 1.47 bits per heavy atom. The van der Waals surface area contributed by atoms with Crippen LogP contribution < -0.4 is 5.32 Å². The van der Waals surface area contributed by atoms with Gasteiger partial charge in [0.1, 0.15) is 11.0 Å². The largest absolute Gasteiger partial charge is 0.368 e. The lowest BCUT2D eigenvalue weighted by Crippen LogP contribution is -2.12. The normalized spacial score (nSPS) is 10.5. The van der Waals surface area contributed by atoms with Crippen molar-refractivity contribution in [3.63, 3.8) is 0 Å². The molecule has 0 saturated carbocycles. The summed E-state index contributed by atoms with van der Waals surface area (Å²) in [4.78, 5) is 8.37. The Balaban J connectivity index is 1.92. The van der Waals surface area contributed by atoms with E-state index in [-0.39, 0.29) is 0 Å². The van der Waals surface area contributed by atoms with E-state index in [1.165, 1.54) is 11.8 Å². The number of halogens is 1. The number of aromatic nitrogens is 4. The van der Waals surface area contributed by atoms with Gasteiger partial charge in [-0.25, -0.2) is 9.97 Å². The molecule has 0 spiro atoms. The molecule has 0 bridgehead atoms. The van der Waals surface area contributed by atoms with Crippen molar-refractivity contribution in [1.29, 1.82) is 0 Å². The molecule has 17 heavy (non-hydrogen) atoms. The van der Waals surface area contributed by atoms with Crippen LogP contribution in [0.3, 0.4) is 0 Å².